The second-order valence-corrected chi connectivity index (χ2v) is 8.39. The maximum absolute atomic E-state index is 12.4. The van der Waals surface area contributed by atoms with E-state index in [2.05, 4.69) is 4.72 Å². The van der Waals surface area contributed by atoms with Crippen LogP contribution in [0.5, 0.6) is 11.5 Å². The maximum atomic E-state index is 12.4. The van der Waals surface area contributed by atoms with E-state index in [0.717, 1.165) is 0 Å². The van der Waals surface area contributed by atoms with Crippen molar-refractivity contribution in [3.05, 3.63) is 53.6 Å². The van der Waals surface area contributed by atoms with E-state index in [9.17, 15) is 18.3 Å². The van der Waals surface area contributed by atoms with E-state index >= 15 is 0 Å². The summed E-state index contributed by atoms with van der Waals surface area (Å²) in [7, 11) is -3.99. The van der Waals surface area contributed by atoms with E-state index in [0.29, 0.717) is 22.3 Å². The number of halogens is 1. The number of thioether (sulfide) groups is 1. The zero-order chi connectivity index (χ0) is 19.2. The number of hydrogen-bond donors (Lipinski definition) is 1. The highest BCUT2D eigenvalue weighted by Gasteiger charge is 2.21. The predicted molar refractivity (Wildman–Crippen MR) is 100 cm³/mol. The Morgan fingerprint density at radius 3 is 2.46 bits per heavy atom. The molecule has 140 valence electrons. The summed E-state index contributed by atoms with van der Waals surface area (Å²) < 4.78 is 32.5. The molecule has 2 aromatic rings. The molecule has 1 N–H and O–H groups in total. The van der Waals surface area contributed by atoms with Crippen molar-refractivity contribution in [3.8, 4) is 11.5 Å². The third-order valence-electron chi connectivity index (χ3n) is 3.39. The molecule has 0 heterocycles. The Balaban J connectivity index is 2.13. The number of carboxylic acid groups (broad SMARTS) is 1. The Bertz CT molecular complexity index is 856. The van der Waals surface area contributed by atoms with Gasteiger partial charge in [-0.05, 0) is 54.8 Å². The number of para-hydroxylation sites is 1. The van der Waals surface area contributed by atoms with Crippen molar-refractivity contribution in [2.24, 2.45) is 0 Å². The first kappa shape index (κ1) is 20.6. The molecule has 0 saturated carbocycles. The molecule has 0 fully saturated rings. The van der Waals surface area contributed by atoms with E-state index in [1.54, 1.807) is 30.5 Å². The second-order valence-electron chi connectivity index (χ2n) is 5.28. The van der Waals surface area contributed by atoms with Crippen LogP contribution in [0.1, 0.15) is 6.42 Å². The number of sulfonamides is 1. The monoisotopic (exact) mass is 414 g/mol. The molecule has 0 aromatic heterocycles. The minimum atomic E-state index is -3.99. The number of nitrogens with one attached hydrogen (secondary N) is 1. The Morgan fingerprint density at radius 1 is 1.23 bits per heavy atom. The molecule has 9 heteroatoms. The topological polar surface area (TPSA) is 95.5 Å². The van der Waals surface area contributed by atoms with E-state index in [1.807, 2.05) is 0 Å². The smallest absolute Gasteiger partial charge is 0.241 e. The fourth-order valence-corrected chi connectivity index (χ4v) is 3.92. The van der Waals surface area contributed by atoms with Crippen LogP contribution in [0.2, 0.25) is 5.02 Å². The summed E-state index contributed by atoms with van der Waals surface area (Å²) in [6.07, 6.45) is 1.94. The molecule has 0 radical (unpaired) electrons. The van der Waals surface area contributed by atoms with Gasteiger partial charge in [0.1, 0.15) is 11.5 Å². The Hall–Kier alpha value is -1.74. The lowest BCUT2D eigenvalue weighted by Crippen LogP contribution is -2.48. The van der Waals surface area contributed by atoms with Gasteiger partial charge in [-0.15, -0.1) is 0 Å². The number of ether oxygens (including phenoxy) is 1. The molecular weight excluding hydrogens is 398 g/mol. The number of rotatable bonds is 9. The van der Waals surface area contributed by atoms with Gasteiger partial charge >= 0.3 is 0 Å². The molecule has 0 saturated heterocycles. The van der Waals surface area contributed by atoms with Crippen LogP contribution in [0.3, 0.4) is 0 Å². The van der Waals surface area contributed by atoms with Gasteiger partial charge in [0.15, 0.2) is 0 Å². The molecule has 0 unspecified atom stereocenters. The van der Waals surface area contributed by atoms with Gasteiger partial charge in [0, 0.05) is 0 Å². The van der Waals surface area contributed by atoms with E-state index in [4.69, 9.17) is 16.3 Å². The fraction of sp³-hybridized carbons (Fsp3) is 0.235. The zero-order valence-corrected chi connectivity index (χ0v) is 16.2. The van der Waals surface area contributed by atoms with Crippen molar-refractivity contribution in [3.63, 3.8) is 0 Å². The highest BCUT2D eigenvalue weighted by Crippen LogP contribution is 2.29. The summed E-state index contributed by atoms with van der Waals surface area (Å²) >= 11 is 7.43. The highest BCUT2D eigenvalue weighted by molar-refractivity contribution is 7.98. The van der Waals surface area contributed by atoms with E-state index in [-0.39, 0.29) is 11.3 Å². The number of carboxylic acids is 1. The van der Waals surface area contributed by atoms with Gasteiger partial charge in [-0.1, -0.05) is 23.7 Å². The quantitative estimate of drug-likeness (QED) is 0.676. The third kappa shape index (κ3) is 5.63. The average Bonchev–Trinajstić information content (AvgIpc) is 2.61. The van der Waals surface area contributed by atoms with Gasteiger partial charge in [0.25, 0.3) is 0 Å². The highest BCUT2D eigenvalue weighted by atomic mass is 35.5. The van der Waals surface area contributed by atoms with Crippen molar-refractivity contribution in [2.45, 2.75) is 17.4 Å². The molecular formula is C17H17ClNO5S2-. The third-order valence-corrected chi connectivity index (χ3v) is 5.83. The van der Waals surface area contributed by atoms with Crippen LogP contribution in [0.25, 0.3) is 0 Å². The molecule has 0 aliphatic carbocycles. The van der Waals surface area contributed by atoms with Gasteiger partial charge in [-0.3, -0.25) is 0 Å². The molecule has 0 spiro atoms. The molecule has 2 rings (SSSR count). The lowest BCUT2D eigenvalue weighted by Gasteiger charge is -2.19. The predicted octanol–water partition coefficient (Wildman–Crippen LogP) is 2.28. The van der Waals surface area contributed by atoms with Gasteiger partial charge in [0.05, 0.1) is 21.9 Å². The summed E-state index contributed by atoms with van der Waals surface area (Å²) in [5.41, 5.74) is 0. The molecule has 0 aliphatic heterocycles. The molecule has 2 aromatic carbocycles. The van der Waals surface area contributed by atoms with Gasteiger partial charge < -0.3 is 14.6 Å². The maximum Gasteiger partial charge on any atom is 0.241 e. The molecule has 0 bridgehead atoms. The Kier molecular flexibility index (Phi) is 7.33. The summed E-state index contributed by atoms with van der Waals surface area (Å²) in [6, 6.07) is 11.2. The minimum absolute atomic E-state index is 0.0700. The van der Waals surface area contributed by atoms with Crippen LogP contribution in [-0.2, 0) is 14.8 Å². The first-order valence-corrected chi connectivity index (χ1v) is 10.8. The summed E-state index contributed by atoms with van der Waals surface area (Å²) in [5.74, 6) is -0.125. The van der Waals surface area contributed by atoms with Crippen LogP contribution < -0.4 is 14.6 Å². The van der Waals surface area contributed by atoms with Crippen molar-refractivity contribution in [1.82, 2.24) is 4.72 Å². The van der Waals surface area contributed by atoms with Crippen LogP contribution in [0, 0.1) is 0 Å². The van der Waals surface area contributed by atoms with Crippen molar-refractivity contribution in [2.75, 3.05) is 12.0 Å². The Labute approximate surface area is 161 Å². The summed E-state index contributed by atoms with van der Waals surface area (Å²) in [4.78, 5) is 11.1. The number of carbonyl (C=O) groups excluding carboxylic acids is 1. The van der Waals surface area contributed by atoms with Crippen LogP contribution in [0.4, 0.5) is 0 Å². The van der Waals surface area contributed by atoms with Gasteiger partial charge in [0.2, 0.25) is 10.0 Å². The standard InChI is InChI=1S/C17H18ClNO5S2/c1-25-11-10-15(17(20)21)19-26(22,23)13-8-6-12(7-9-13)24-16-5-3-2-4-14(16)18/h2-9,15,19H,10-11H2,1H3,(H,20,21)/p-1/t15-/m1/s1. The summed E-state index contributed by atoms with van der Waals surface area (Å²) in [6.45, 7) is 0. The van der Waals surface area contributed by atoms with E-state index in [1.165, 1.54) is 36.0 Å². The second kappa shape index (κ2) is 9.27. The zero-order valence-electron chi connectivity index (χ0n) is 13.8. The fourth-order valence-electron chi connectivity index (χ4n) is 2.06. The minimum Gasteiger partial charge on any atom is -0.548 e. The number of benzene rings is 2. The number of hydrogen-bond acceptors (Lipinski definition) is 6. The largest absolute Gasteiger partial charge is 0.548 e. The lowest BCUT2D eigenvalue weighted by molar-refractivity contribution is -0.308. The van der Waals surface area contributed by atoms with Gasteiger partial charge in [-0.2, -0.15) is 11.8 Å². The van der Waals surface area contributed by atoms with E-state index < -0.39 is 22.0 Å². The van der Waals surface area contributed by atoms with Crippen LogP contribution in [-0.4, -0.2) is 32.4 Å². The van der Waals surface area contributed by atoms with Crippen LogP contribution >= 0.6 is 23.4 Å². The molecule has 0 aliphatic rings. The first-order valence-electron chi connectivity index (χ1n) is 7.58. The van der Waals surface area contributed by atoms with Gasteiger partial charge in [-0.25, -0.2) is 13.1 Å². The molecule has 6 nitrogen and oxygen atoms in total. The normalized spacial score (nSPS) is 12.5. The van der Waals surface area contributed by atoms with Crippen molar-refractivity contribution in [1.29, 1.82) is 0 Å². The average molecular weight is 415 g/mol. The first-order chi connectivity index (χ1) is 12.3. The summed E-state index contributed by atoms with van der Waals surface area (Å²) in [5, 5.41) is 11.6. The molecule has 26 heavy (non-hydrogen) atoms. The molecule has 1 atom stereocenters. The van der Waals surface area contributed by atoms with Crippen molar-refractivity contribution < 1.29 is 23.1 Å². The number of aliphatic carboxylic acids is 1. The number of carbonyl (C=O) groups is 1. The van der Waals surface area contributed by atoms with Crippen molar-refractivity contribution >= 4 is 39.4 Å². The molecule has 0 amide bonds. The van der Waals surface area contributed by atoms with Crippen LogP contribution in [0.15, 0.2) is 53.4 Å². The Morgan fingerprint density at radius 2 is 1.88 bits per heavy atom. The lowest BCUT2D eigenvalue weighted by atomic mass is 10.2. The SMILES string of the molecule is CSCC[C@@H](NS(=O)(=O)c1ccc(Oc2ccccc2Cl)cc1)C(=O)[O-].